The van der Waals surface area contributed by atoms with E-state index in [4.69, 9.17) is 21.4 Å². The minimum Gasteiger partial charge on any atom is -0.485 e. The maximum Gasteiger partial charge on any atom is 0.328 e. The molecule has 0 radical (unpaired) electrons. The molecule has 0 saturated carbocycles. The maximum atomic E-state index is 10.4. The van der Waals surface area contributed by atoms with E-state index in [9.17, 15) is 4.79 Å². The number of benzene rings is 1. The van der Waals surface area contributed by atoms with Crippen molar-refractivity contribution >= 4 is 35.0 Å². The minimum atomic E-state index is -0.999. The molecule has 0 atom stereocenters. The van der Waals surface area contributed by atoms with Gasteiger partial charge in [-0.25, -0.2) is 9.78 Å². The van der Waals surface area contributed by atoms with Gasteiger partial charge in [-0.05, 0) is 30.7 Å². The van der Waals surface area contributed by atoms with Gasteiger partial charge in [0.2, 0.25) is 0 Å². The van der Waals surface area contributed by atoms with E-state index in [0.29, 0.717) is 22.9 Å². The van der Waals surface area contributed by atoms with Gasteiger partial charge >= 0.3 is 5.97 Å². The van der Waals surface area contributed by atoms with Crippen LogP contribution >= 0.6 is 22.9 Å². The number of nitrogens with zero attached hydrogens (tertiary/aromatic N) is 1. The van der Waals surface area contributed by atoms with Crippen molar-refractivity contribution in [2.24, 2.45) is 0 Å². The lowest BCUT2D eigenvalue weighted by Gasteiger charge is -2.06. The zero-order chi connectivity index (χ0) is 14.5. The number of carboxylic acid groups (broad SMARTS) is 1. The first-order valence-corrected chi connectivity index (χ1v) is 7.05. The van der Waals surface area contributed by atoms with Crippen LogP contribution in [-0.2, 0) is 11.4 Å². The summed E-state index contributed by atoms with van der Waals surface area (Å²) in [4.78, 5) is 14.7. The summed E-state index contributed by atoms with van der Waals surface area (Å²) in [5, 5.41) is 11.8. The highest BCUT2D eigenvalue weighted by Gasteiger charge is 2.05. The molecule has 0 saturated heterocycles. The van der Waals surface area contributed by atoms with Gasteiger partial charge in [0.15, 0.2) is 0 Å². The molecule has 0 aliphatic rings. The number of hydrogen-bond acceptors (Lipinski definition) is 4. The van der Waals surface area contributed by atoms with Gasteiger partial charge in [-0.1, -0.05) is 17.7 Å². The van der Waals surface area contributed by atoms with Crippen molar-refractivity contribution in [1.29, 1.82) is 0 Å². The third kappa shape index (κ3) is 4.08. The van der Waals surface area contributed by atoms with Crippen molar-refractivity contribution < 1.29 is 14.6 Å². The van der Waals surface area contributed by atoms with Crippen molar-refractivity contribution in [2.75, 3.05) is 0 Å². The number of aromatic nitrogens is 1. The molecule has 20 heavy (non-hydrogen) atoms. The van der Waals surface area contributed by atoms with E-state index in [1.165, 1.54) is 17.4 Å². The Kier molecular flexibility index (Phi) is 4.76. The lowest BCUT2D eigenvalue weighted by atomic mass is 10.2. The van der Waals surface area contributed by atoms with E-state index >= 15 is 0 Å². The highest BCUT2D eigenvalue weighted by molar-refractivity contribution is 7.09. The molecule has 6 heteroatoms. The number of carbonyl (C=O) groups is 1. The van der Waals surface area contributed by atoms with Crippen molar-refractivity contribution in [2.45, 2.75) is 13.5 Å². The number of thiazole rings is 1. The zero-order valence-electron chi connectivity index (χ0n) is 10.7. The van der Waals surface area contributed by atoms with Crippen LogP contribution in [0.2, 0.25) is 5.02 Å². The predicted molar refractivity (Wildman–Crippen MR) is 79.3 cm³/mol. The van der Waals surface area contributed by atoms with Crippen molar-refractivity contribution in [3.8, 4) is 5.75 Å². The molecule has 0 amide bonds. The van der Waals surface area contributed by atoms with Crippen LogP contribution < -0.4 is 4.74 Å². The number of ether oxygens (including phenoxy) is 1. The normalized spacial score (nSPS) is 10.9. The van der Waals surface area contributed by atoms with Crippen LogP contribution in [0.4, 0.5) is 0 Å². The molecule has 2 aromatic rings. The van der Waals surface area contributed by atoms with Gasteiger partial charge < -0.3 is 9.84 Å². The Labute approximate surface area is 125 Å². The Bertz CT molecular complexity index is 652. The van der Waals surface area contributed by atoms with Gasteiger partial charge in [0.1, 0.15) is 17.4 Å². The Hall–Kier alpha value is -1.85. The highest BCUT2D eigenvalue weighted by Crippen LogP contribution is 2.27. The Morgan fingerprint density at radius 3 is 2.95 bits per heavy atom. The van der Waals surface area contributed by atoms with Gasteiger partial charge in [-0.2, -0.15) is 0 Å². The van der Waals surface area contributed by atoms with Gasteiger partial charge in [0.25, 0.3) is 0 Å². The first-order valence-electron chi connectivity index (χ1n) is 5.79. The monoisotopic (exact) mass is 309 g/mol. The summed E-state index contributed by atoms with van der Waals surface area (Å²) in [6, 6.07) is 5.11. The molecule has 2 rings (SSSR count). The molecule has 1 aromatic heterocycles. The van der Waals surface area contributed by atoms with E-state index in [1.807, 2.05) is 12.3 Å². The van der Waals surface area contributed by atoms with E-state index in [0.717, 1.165) is 16.8 Å². The number of carboxylic acids is 1. The minimum absolute atomic E-state index is 0.364. The molecule has 1 N–H and O–H groups in total. The van der Waals surface area contributed by atoms with Crippen LogP contribution in [-0.4, -0.2) is 16.1 Å². The second-order valence-corrected chi connectivity index (χ2v) is 5.38. The van der Waals surface area contributed by atoms with Gasteiger partial charge in [-0.3, -0.25) is 0 Å². The Balaban J connectivity index is 2.04. The van der Waals surface area contributed by atoms with Crippen molar-refractivity contribution in [3.63, 3.8) is 0 Å². The molecule has 104 valence electrons. The first-order chi connectivity index (χ1) is 9.54. The van der Waals surface area contributed by atoms with Crippen molar-refractivity contribution in [1.82, 2.24) is 4.98 Å². The summed E-state index contributed by atoms with van der Waals surface area (Å²) in [5.41, 5.74) is 1.67. The van der Waals surface area contributed by atoms with Crippen LogP contribution in [0.3, 0.4) is 0 Å². The number of rotatable bonds is 5. The highest BCUT2D eigenvalue weighted by atomic mass is 35.5. The molecule has 0 bridgehead atoms. The largest absolute Gasteiger partial charge is 0.485 e. The third-order valence-corrected chi connectivity index (χ3v) is 3.63. The van der Waals surface area contributed by atoms with Crippen LogP contribution in [0.15, 0.2) is 29.7 Å². The summed E-state index contributed by atoms with van der Waals surface area (Å²) >= 11 is 7.63. The predicted octanol–water partition coefficient (Wildman–Crippen LogP) is 3.78. The molecule has 0 unspecified atom stereocenters. The summed E-state index contributed by atoms with van der Waals surface area (Å²) < 4.78 is 5.59. The molecule has 1 aromatic carbocycles. The fourth-order valence-corrected chi connectivity index (χ4v) is 2.44. The molecule has 0 aliphatic carbocycles. The summed E-state index contributed by atoms with van der Waals surface area (Å²) in [6.07, 6.45) is 2.53. The number of aryl methyl sites for hydroxylation is 1. The quantitative estimate of drug-likeness (QED) is 0.854. The van der Waals surface area contributed by atoms with Crippen LogP contribution in [0, 0.1) is 6.92 Å². The lowest BCUT2D eigenvalue weighted by Crippen LogP contribution is -1.95. The summed E-state index contributed by atoms with van der Waals surface area (Å²) in [6.45, 7) is 2.29. The van der Waals surface area contributed by atoms with Gasteiger partial charge in [-0.15, -0.1) is 11.3 Å². The zero-order valence-corrected chi connectivity index (χ0v) is 12.2. The average molecular weight is 310 g/mol. The van der Waals surface area contributed by atoms with Crippen LogP contribution in [0.1, 0.15) is 16.3 Å². The molecule has 1 heterocycles. The average Bonchev–Trinajstić information content (AvgIpc) is 2.81. The van der Waals surface area contributed by atoms with E-state index < -0.39 is 5.97 Å². The number of halogens is 1. The number of hydrogen-bond donors (Lipinski definition) is 1. The fourth-order valence-electron chi connectivity index (χ4n) is 1.51. The van der Waals surface area contributed by atoms with E-state index in [-0.39, 0.29) is 0 Å². The second kappa shape index (κ2) is 6.54. The van der Waals surface area contributed by atoms with Crippen LogP contribution in [0.5, 0.6) is 5.75 Å². The molecule has 4 nitrogen and oxygen atoms in total. The van der Waals surface area contributed by atoms with Gasteiger partial charge in [0, 0.05) is 17.2 Å². The van der Waals surface area contributed by atoms with E-state index in [1.54, 1.807) is 18.2 Å². The second-order valence-electron chi connectivity index (χ2n) is 4.03. The van der Waals surface area contributed by atoms with Crippen LogP contribution in [0.25, 0.3) is 6.08 Å². The fraction of sp³-hybridized carbons (Fsp3) is 0.143. The molecular formula is C14H12ClNO3S. The van der Waals surface area contributed by atoms with Gasteiger partial charge in [0.05, 0.1) is 5.02 Å². The summed E-state index contributed by atoms with van der Waals surface area (Å²) in [5.74, 6) is -0.451. The standard InChI is InChI=1S/C14H12ClNO3S/c1-9-8-20-13(16-9)7-19-12-4-2-10(6-11(12)15)3-5-14(17)18/h2-6,8H,7H2,1H3,(H,17,18)/b5-3+. The Morgan fingerprint density at radius 1 is 1.55 bits per heavy atom. The molecule has 0 aliphatic heterocycles. The summed E-state index contributed by atoms with van der Waals surface area (Å²) in [7, 11) is 0. The smallest absolute Gasteiger partial charge is 0.328 e. The molecule has 0 spiro atoms. The lowest BCUT2D eigenvalue weighted by molar-refractivity contribution is -0.131. The maximum absolute atomic E-state index is 10.4. The topological polar surface area (TPSA) is 59.4 Å². The first kappa shape index (κ1) is 14.6. The molecule has 0 fully saturated rings. The molecular weight excluding hydrogens is 298 g/mol. The SMILES string of the molecule is Cc1csc(COc2ccc(/C=C/C(=O)O)cc2Cl)n1. The third-order valence-electron chi connectivity index (χ3n) is 2.39. The number of aliphatic carboxylic acids is 1. The Morgan fingerprint density at radius 2 is 2.35 bits per heavy atom. The van der Waals surface area contributed by atoms with E-state index in [2.05, 4.69) is 4.98 Å². The van der Waals surface area contributed by atoms with Crippen molar-refractivity contribution in [3.05, 3.63) is 50.9 Å².